The predicted octanol–water partition coefficient (Wildman–Crippen LogP) is 6.62. The third-order valence-electron chi connectivity index (χ3n) is 8.16. The van der Waals surface area contributed by atoms with Gasteiger partial charge >= 0.3 is 12.6 Å². The number of nitrogens with one attached hydrogen (secondary N) is 1. The Balaban J connectivity index is 1.90. The molecule has 0 saturated carbocycles. The molecule has 0 amide bonds. The fourth-order valence-corrected chi connectivity index (χ4v) is 5.81. The van der Waals surface area contributed by atoms with Crippen LogP contribution in [0.1, 0.15) is 58.4 Å². The van der Waals surface area contributed by atoms with Gasteiger partial charge in [-0.1, -0.05) is 38.7 Å². The SMILES string of the molecule is C=C/C=C(\[C@H](/C=C\CC)[C@@H](C)[C@@H](C)Oc1cc(OC(F)F)c(CN2CCC[C@H]2C(=O)OC)cc1NC)N1CCCC1. The second-order valence-corrected chi connectivity index (χ2v) is 10.8. The first-order valence-electron chi connectivity index (χ1n) is 14.8. The van der Waals surface area contributed by atoms with Crippen molar-refractivity contribution < 1.29 is 27.8 Å². The van der Waals surface area contributed by atoms with Crippen LogP contribution in [-0.2, 0) is 16.1 Å². The van der Waals surface area contributed by atoms with Crippen LogP contribution < -0.4 is 14.8 Å². The summed E-state index contributed by atoms with van der Waals surface area (Å²) >= 11 is 0. The number of allylic oxidation sites excluding steroid dienone is 4. The Morgan fingerprint density at radius 1 is 1.15 bits per heavy atom. The summed E-state index contributed by atoms with van der Waals surface area (Å²) in [7, 11) is 3.13. The summed E-state index contributed by atoms with van der Waals surface area (Å²) in [5.74, 6) is 0.322. The molecule has 1 aromatic rings. The van der Waals surface area contributed by atoms with Gasteiger partial charge in [0, 0.05) is 55.8 Å². The maximum absolute atomic E-state index is 13.5. The lowest BCUT2D eigenvalue weighted by molar-refractivity contribution is -0.146. The van der Waals surface area contributed by atoms with Crippen LogP contribution >= 0.6 is 0 Å². The van der Waals surface area contributed by atoms with Gasteiger partial charge in [0.15, 0.2) is 0 Å². The molecule has 1 aromatic carbocycles. The van der Waals surface area contributed by atoms with Crippen LogP contribution in [0.4, 0.5) is 14.5 Å². The summed E-state index contributed by atoms with van der Waals surface area (Å²) in [5, 5.41) is 3.16. The van der Waals surface area contributed by atoms with Crippen LogP contribution in [-0.4, -0.2) is 68.3 Å². The number of carbonyl (C=O) groups is 1. The Kier molecular flexibility index (Phi) is 12.5. The van der Waals surface area contributed by atoms with Crippen LogP contribution in [0.3, 0.4) is 0 Å². The number of hydrogen-bond acceptors (Lipinski definition) is 7. The van der Waals surface area contributed by atoms with Gasteiger partial charge in [-0.05, 0) is 57.7 Å². The summed E-state index contributed by atoms with van der Waals surface area (Å²) in [6, 6.07) is 2.91. The van der Waals surface area contributed by atoms with Crippen molar-refractivity contribution in [3.05, 3.63) is 54.3 Å². The van der Waals surface area contributed by atoms with Crippen LogP contribution in [0, 0.1) is 11.8 Å². The van der Waals surface area contributed by atoms with Gasteiger partial charge in [-0.25, -0.2) is 0 Å². The minimum absolute atomic E-state index is 0.0381. The Bertz CT molecular complexity index is 1070. The van der Waals surface area contributed by atoms with Crippen molar-refractivity contribution in [1.82, 2.24) is 9.80 Å². The molecule has 0 bridgehead atoms. The highest BCUT2D eigenvalue weighted by Crippen LogP contribution is 2.38. The number of nitrogens with zero attached hydrogens (tertiary/aromatic N) is 2. The summed E-state index contributed by atoms with van der Waals surface area (Å²) in [6.07, 6.45) is 12.9. The van der Waals surface area contributed by atoms with Gasteiger partial charge in [-0.3, -0.25) is 9.69 Å². The predicted molar refractivity (Wildman–Crippen MR) is 159 cm³/mol. The maximum Gasteiger partial charge on any atom is 0.387 e. The van der Waals surface area contributed by atoms with Gasteiger partial charge < -0.3 is 24.4 Å². The van der Waals surface area contributed by atoms with Crippen LogP contribution in [0.15, 0.2) is 48.7 Å². The van der Waals surface area contributed by atoms with Crippen LogP contribution in [0.2, 0.25) is 0 Å². The van der Waals surface area contributed by atoms with E-state index < -0.39 is 12.7 Å². The Morgan fingerprint density at radius 3 is 2.49 bits per heavy atom. The van der Waals surface area contributed by atoms with E-state index in [1.165, 1.54) is 31.7 Å². The molecule has 2 saturated heterocycles. The molecular formula is C32H47F2N3O4. The van der Waals surface area contributed by atoms with Crippen LogP contribution in [0.25, 0.3) is 0 Å². The first-order chi connectivity index (χ1) is 19.7. The van der Waals surface area contributed by atoms with Crippen LogP contribution in [0.5, 0.6) is 11.5 Å². The monoisotopic (exact) mass is 575 g/mol. The standard InChI is InChI=1S/C32H47F2N3O4/c1-7-9-14-25(27(13-8-2)36-16-10-11-17-36)22(3)23(4)40-30-20-29(41-32(33)34)24(19-26(30)35-5)21-37-18-12-15-28(37)31(38)39-6/h8-9,13-14,19-20,22-23,25,28,32,35H,2,7,10-12,15-18,21H2,1,3-6H3/b14-9-,27-13+/t22-,23+,25+,28-/m0/s1. The Morgan fingerprint density at radius 2 is 1.88 bits per heavy atom. The molecular weight excluding hydrogens is 528 g/mol. The van der Waals surface area contributed by atoms with E-state index in [1.54, 1.807) is 13.1 Å². The molecule has 2 fully saturated rings. The first kappa shape index (κ1) is 32.4. The molecule has 41 heavy (non-hydrogen) atoms. The van der Waals surface area contributed by atoms with E-state index in [0.29, 0.717) is 30.0 Å². The number of esters is 1. The molecule has 2 aliphatic rings. The smallest absolute Gasteiger partial charge is 0.387 e. The number of carbonyl (C=O) groups excluding carboxylic acids is 1. The Labute approximate surface area is 244 Å². The number of methoxy groups -OCH3 is 1. The lowest BCUT2D eigenvalue weighted by Crippen LogP contribution is -2.36. The average Bonchev–Trinajstić information content (AvgIpc) is 3.65. The average molecular weight is 576 g/mol. The molecule has 228 valence electrons. The van der Waals surface area contributed by atoms with Crippen molar-refractivity contribution in [2.24, 2.45) is 11.8 Å². The molecule has 0 radical (unpaired) electrons. The number of likely N-dealkylation sites (tertiary alicyclic amines) is 2. The highest BCUT2D eigenvalue weighted by Gasteiger charge is 2.33. The van der Waals surface area contributed by atoms with Gasteiger partial charge in [0.2, 0.25) is 0 Å². The topological polar surface area (TPSA) is 63.3 Å². The van der Waals surface area contributed by atoms with E-state index in [0.717, 1.165) is 25.9 Å². The van der Waals surface area contributed by atoms with E-state index in [9.17, 15) is 13.6 Å². The number of anilines is 1. The maximum atomic E-state index is 13.5. The van der Waals surface area contributed by atoms with Gasteiger partial charge in [-0.2, -0.15) is 8.78 Å². The molecule has 2 aliphatic heterocycles. The zero-order valence-corrected chi connectivity index (χ0v) is 25.2. The lowest BCUT2D eigenvalue weighted by atomic mass is 9.85. The molecule has 9 heteroatoms. The number of alkyl halides is 2. The number of hydrogen-bond donors (Lipinski definition) is 1. The molecule has 4 atom stereocenters. The van der Waals surface area contributed by atoms with E-state index >= 15 is 0 Å². The molecule has 3 rings (SSSR count). The zero-order chi connectivity index (χ0) is 29.9. The molecule has 7 nitrogen and oxygen atoms in total. The minimum atomic E-state index is -3.00. The summed E-state index contributed by atoms with van der Waals surface area (Å²) in [6.45, 7) is 10.2. The van der Waals surface area contributed by atoms with Crippen molar-refractivity contribution in [2.45, 2.75) is 78.2 Å². The highest BCUT2D eigenvalue weighted by molar-refractivity contribution is 5.76. The van der Waals surface area contributed by atoms with Crippen molar-refractivity contribution in [3.8, 4) is 11.5 Å². The summed E-state index contributed by atoms with van der Waals surface area (Å²) < 4.78 is 43.5. The molecule has 0 spiro atoms. The molecule has 2 heterocycles. The number of rotatable bonds is 15. The first-order valence-corrected chi connectivity index (χ1v) is 14.8. The van der Waals surface area contributed by atoms with Crippen molar-refractivity contribution in [2.75, 3.05) is 39.1 Å². The third-order valence-corrected chi connectivity index (χ3v) is 8.16. The number of benzene rings is 1. The summed E-state index contributed by atoms with van der Waals surface area (Å²) in [4.78, 5) is 16.6. The number of halogens is 2. The second-order valence-electron chi connectivity index (χ2n) is 10.8. The van der Waals surface area contributed by atoms with E-state index in [-0.39, 0.29) is 36.2 Å². The molecule has 1 N–H and O–H groups in total. The third kappa shape index (κ3) is 8.47. The van der Waals surface area contributed by atoms with Gasteiger partial charge in [-0.15, -0.1) is 0 Å². The van der Waals surface area contributed by atoms with Gasteiger partial charge in [0.05, 0.1) is 18.9 Å². The fourth-order valence-electron chi connectivity index (χ4n) is 5.81. The van der Waals surface area contributed by atoms with E-state index in [4.69, 9.17) is 14.2 Å². The lowest BCUT2D eigenvalue weighted by Gasteiger charge is -2.34. The van der Waals surface area contributed by atoms with E-state index in [1.807, 2.05) is 17.9 Å². The van der Waals surface area contributed by atoms with E-state index in [2.05, 4.69) is 48.9 Å². The molecule has 0 unspecified atom stereocenters. The zero-order valence-electron chi connectivity index (χ0n) is 25.2. The second kappa shape index (κ2) is 15.8. The quantitative estimate of drug-likeness (QED) is 0.143. The fraction of sp³-hybridized carbons (Fsp3) is 0.594. The molecule has 0 aromatic heterocycles. The number of ether oxygens (including phenoxy) is 3. The van der Waals surface area contributed by atoms with Gasteiger partial charge in [0.25, 0.3) is 0 Å². The largest absolute Gasteiger partial charge is 0.488 e. The normalized spacial score (nSPS) is 20.3. The highest BCUT2D eigenvalue weighted by atomic mass is 19.3. The van der Waals surface area contributed by atoms with Crippen molar-refractivity contribution in [1.29, 1.82) is 0 Å². The van der Waals surface area contributed by atoms with Crippen molar-refractivity contribution in [3.63, 3.8) is 0 Å². The van der Waals surface area contributed by atoms with Gasteiger partial charge in [0.1, 0.15) is 17.5 Å². The van der Waals surface area contributed by atoms with Crippen molar-refractivity contribution >= 4 is 11.7 Å². The molecule has 0 aliphatic carbocycles. The Hall–Kier alpha value is -3.07. The minimum Gasteiger partial charge on any atom is -0.488 e. The summed E-state index contributed by atoms with van der Waals surface area (Å²) in [5.41, 5.74) is 2.44.